The van der Waals surface area contributed by atoms with Gasteiger partial charge < -0.3 is 19.5 Å². The van der Waals surface area contributed by atoms with Crippen LogP contribution in [0.4, 0.5) is 0 Å². The van der Waals surface area contributed by atoms with Gasteiger partial charge in [0.15, 0.2) is 0 Å². The van der Waals surface area contributed by atoms with Gasteiger partial charge in [0.2, 0.25) is 5.91 Å². The highest BCUT2D eigenvalue weighted by Gasteiger charge is 2.38. The molecule has 0 saturated carbocycles. The molecule has 3 rings (SSSR count). The van der Waals surface area contributed by atoms with Crippen LogP contribution in [0.15, 0.2) is 30.3 Å². The van der Waals surface area contributed by atoms with Crippen molar-refractivity contribution in [2.24, 2.45) is 5.92 Å². The molecule has 5 nitrogen and oxygen atoms in total. The molecule has 1 amide bonds. The number of amides is 1. The minimum absolute atomic E-state index is 0.0804. The second-order valence-electron chi connectivity index (χ2n) is 6.93. The van der Waals surface area contributed by atoms with Crippen molar-refractivity contribution >= 4 is 5.91 Å². The summed E-state index contributed by atoms with van der Waals surface area (Å²) in [6.07, 6.45) is 3.12. The number of hydrogen-bond acceptors (Lipinski definition) is 4. The Balaban J connectivity index is 1.62. The van der Waals surface area contributed by atoms with Crippen molar-refractivity contribution < 1.29 is 19.4 Å². The zero-order valence-electron chi connectivity index (χ0n) is 14.2. The predicted octanol–water partition coefficient (Wildman–Crippen LogP) is 1.64. The van der Waals surface area contributed by atoms with E-state index in [1.807, 2.05) is 35.2 Å². The summed E-state index contributed by atoms with van der Waals surface area (Å²) in [6.45, 7) is 2.99. The van der Waals surface area contributed by atoms with E-state index in [2.05, 4.69) is 0 Å². The molecule has 1 aromatic rings. The molecule has 0 aliphatic carbocycles. The van der Waals surface area contributed by atoms with E-state index in [9.17, 15) is 9.90 Å². The predicted molar refractivity (Wildman–Crippen MR) is 90.7 cm³/mol. The van der Waals surface area contributed by atoms with Crippen LogP contribution in [0, 0.1) is 5.92 Å². The molecule has 0 spiro atoms. The molecule has 0 aromatic heterocycles. The normalized spacial score (nSPS) is 25.6. The molecule has 0 unspecified atom stereocenters. The number of aliphatic hydroxyl groups excluding tert-OH is 1. The topological polar surface area (TPSA) is 59.0 Å². The molecule has 1 aromatic carbocycles. The van der Waals surface area contributed by atoms with Crippen LogP contribution in [0.5, 0.6) is 0 Å². The van der Waals surface area contributed by atoms with Crippen LogP contribution < -0.4 is 0 Å². The second-order valence-corrected chi connectivity index (χ2v) is 6.93. The number of aliphatic hydroxyl groups is 1. The first-order chi connectivity index (χ1) is 11.7. The number of benzene rings is 1. The van der Waals surface area contributed by atoms with Gasteiger partial charge in [-0.15, -0.1) is 0 Å². The van der Waals surface area contributed by atoms with E-state index in [1.165, 1.54) is 0 Å². The van der Waals surface area contributed by atoms with Gasteiger partial charge >= 0.3 is 0 Å². The van der Waals surface area contributed by atoms with Crippen LogP contribution in [0.1, 0.15) is 24.8 Å². The van der Waals surface area contributed by atoms with Gasteiger partial charge in [0.25, 0.3) is 0 Å². The Hall–Kier alpha value is -1.43. The smallest absolute Gasteiger partial charge is 0.223 e. The number of morpholine rings is 1. The van der Waals surface area contributed by atoms with Crippen molar-refractivity contribution in [2.75, 3.05) is 39.5 Å². The Morgan fingerprint density at radius 3 is 2.67 bits per heavy atom. The first-order valence-corrected chi connectivity index (χ1v) is 8.85. The average Bonchev–Trinajstić information content (AvgIpc) is 2.63. The Morgan fingerprint density at radius 1 is 1.21 bits per heavy atom. The number of carbonyl (C=O) groups excluding carboxylic acids is 1. The third-order valence-electron chi connectivity index (χ3n) is 5.06. The molecule has 0 radical (unpaired) electrons. The van der Waals surface area contributed by atoms with E-state index in [4.69, 9.17) is 9.47 Å². The number of ether oxygens (including phenoxy) is 2. The van der Waals surface area contributed by atoms with Gasteiger partial charge in [0.1, 0.15) is 5.60 Å². The fourth-order valence-electron chi connectivity index (χ4n) is 3.61. The summed E-state index contributed by atoms with van der Waals surface area (Å²) in [4.78, 5) is 14.5. The van der Waals surface area contributed by atoms with E-state index in [-0.39, 0.29) is 12.5 Å². The van der Waals surface area contributed by atoms with Crippen LogP contribution in [0.2, 0.25) is 0 Å². The van der Waals surface area contributed by atoms with Crippen molar-refractivity contribution in [2.45, 2.75) is 31.3 Å². The quantitative estimate of drug-likeness (QED) is 0.890. The Morgan fingerprint density at radius 2 is 1.96 bits per heavy atom. The van der Waals surface area contributed by atoms with E-state index in [1.54, 1.807) is 0 Å². The summed E-state index contributed by atoms with van der Waals surface area (Å²) >= 11 is 0. The summed E-state index contributed by atoms with van der Waals surface area (Å²) in [5, 5.41) is 9.94. The zero-order chi connectivity index (χ0) is 16.8. The van der Waals surface area contributed by atoms with Gasteiger partial charge in [-0.25, -0.2) is 0 Å². The fraction of sp³-hybridized carbons (Fsp3) is 0.632. The minimum atomic E-state index is -0.690. The van der Waals surface area contributed by atoms with E-state index < -0.39 is 5.60 Å². The highest BCUT2D eigenvalue weighted by Crippen LogP contribution is 2.25. The molecule has 2 fully saturated rings. The standard InChI is InChI=1S/C19H27NO4/c21-15-19(13-17-4-2-1-3-5-17)14-20(8-11-24-19)18(22)12-16-6-9-23-10-7-16/h1-5,16,21H,6-15H2/t19-/m0/s1. The maximum Gasteiger partial charge on any atom is 0.223 e. The van der Waals surface area contributed by atoms with E-state index in [0.717, 1.165) is 31.6 Å². The van der Waals surface area contributed by atoms with Crippen LogP contribution in [-0.2, 0) is 20.7 Å². The van der Waals surface area contributed by atoms with Gasteiger partial charge in [-0.1, -0.05) is 30.3 Å². The first-order valence-electron chi connectivity index (χ1n) is 8.85. The molecular weight excluding hydrogens is 306 g/mol. The molecule has 0 bridgehead atoms. The minimum Gasteiger partial charge on any atom is -0.393 e. The number of hydrogen-bond donors (Lipinski definition) is 1. The zero-order valence-corrected chi connectivity index (χ0v) is 14.2. The van der Waals surface area contributed by atoms with Gasteiger partial charge in [0.05, 0.1) is 19.8 Å². The lowest BCUT2D eigenvalue weighted by Gasteiger charge is -2.42. The SMILES string of the molecule is O=C(CC1CCOCC1)N1CCO[C@@](CO)(Cc2ccccc2)C1. The fourth-order valence-corrected chi connectivity index (χ4v) is 3.61. The van der Waals surface area contributed by atoms with Gasteiger partial charge in [-0.05, 0) is 24.3 Å². The van der Waals surface area contributed by atoms with Crippen molar-refractivity contribution in [3.05, 3.63) is 35.9 Å². The van der Waals surface area contributed by atoms with Crippen molar-refractivity contribution in [3.8, 4) is 0 Å². The highest BCUT2D eigenvalue weighted by atomic mass is 16.5. The lowest BCUT2D eigenvalue weighted by Crippen LogP contribution is -2.57. The number of carbonyl (C=O) groups is 1. The van der Waals surface area contributed by atoms with Crippen molar-refractivity contribution in [1.82, 2.24) is 4.90 Å². The molecule has 132 valence electrons. The van der Waals surface area contributed by atoms with Crippen LogP contribution in [0.3, 0.4) is 0 Å². The molecule has 1 atom stereocenters. The first kappa shape index (κ1) is 17.4. The lowest BCUT2D eigenvalue weighted by atomic mass is 9.92. The molecule has 2 heterocycles. The van der Waals surface area contributed by atoms with Gasteiger partial charge in [-0.3, -0.25) is 4.79 Å². The largest absolute Gasteiger partial charge is 0.393 e. The summed E-state index contributed by atoms with van der Waals surface area (Å²) in [7, 11) is 0. The highest BCUT2D eigenvalue weighted by molar-refractivity contribution is 5.76. The summed E-state index contributed by atoms with van der Waals surface area (Å²) < 4.78 is 11.3. The molecule has 5 heteroatoms. The van der Waals surface area contributed by atoms with Crippen LogP contribution in [-0.4, -0.2) is 61.0 Å². The molecule has 2 aliphatic rings. The number of rotatable bonds is 5. The monoisotopic (exact) mass is 333 g/mol. The molecule has 24 heavy (non-hydrogen) atoms. The maximum absolute atomic E-state index is 12.7. The molecule has 2 aliphatic heterocycles. The van der Waals surface area contributed by atoms with Crippen molar-refractivity contribution in [1.29, 1.82) is 0 Å². The van der Waals surface area contributed by atoms with Gasteiger partial charge in [-0.2, -0.15) is 0 Å². The summed E-state index contributed by atoms with van der Waals surface area (Å²) in [5.41, 5.74) is 0.426. The van der Waals surface area contributed by atoms with E-state index in [0.29, 0.717) is 38.5 Å². The molecule has 1 N–H and O–H groups in total. The Kier molecular flexibility index (Phi) is 5.87. The lowest BCUT2D eigenvalue weighted by molar-refractivity contribution is -0.159. The molecular formula is C19H27NO4. The maximum atomic E-state index is 12.7. The van der Waals surface area contributed by atoms with Crippen LogP contribution in [0.25, 0.3) is 0 Å². The summed E-state index contributed by atoms with van der Waals surface area (Å²) in [5.74, 6) is 0.600. The van der Waals surface area contributed by atoms with Gasteiger partial charge in [0, 0.05) is 32.6 Å². The third-order valence-corrected chi connectivity index (χ3v) is 5.06. The average molecular weight is 333 g/mol. The second kappa shape index (κ2) is 8.10. The van der Waals surface area contributed by atoms with Crippen LogP contribution >= 0.6 is 0 Å². The van der Waals surface area contributed by atoms with E-state index >= 15 is 0 Å². The van der Waals surface area contributed by atoms with Crippen molar-refractivity contribution in [3.63, 3.8) is 0 Å². The molecule has 2 saturated heterocycles. The number of nitrogens with zero attached hydrogens (tertiary/aromatic N) is 1. The summed E-state index contributed by atoms with van der Waals surface area (Å²) in [6, 6.07) is 10.0. The Bertz CT molecular complexity index is 529. The Labute approximate surface area is 143 Å². The third kappa shape index (κ3) is 4.35.